The van der Waals surface area contributed by atoms with Crippen LogP contribution in [0.2, 0.25) is 5.02 Å². The molecule has 48 heavy (non-hydrogen) atoms. The molecule has 0 aliphatic rings. The molecule has 0 unspecified atom stereocenters. The van der Waals surface area contributed by atoms with Crippen LogP contribution in [0.25, 0.3) is 22.4 Å². The molecule has 0 saturated heterocycles. The van der Waals surface area contributed by atoms with Gasteiger partial charge in [0.2, 0.25) is 5.71 Å². The number of alkyl carbamates (subject to hydrolysis) is 1. The number of aryl methyl sites for hydroxylation is 2. The van der Waals surface area contributed by atoms with E-state index in [4.69, 9.17) is 25.5 Å². The number of hydrogen-bond donors (Lipinski definition) is 1. The number of hydrogen-bond acceptors (Lipinski definition) is 10. The van der Waals surface area contributed by atoms with Gasteiger partial charge in [0.1, 0.15) is 29.0 Å². The van der Waals surface area contributed by atoms with Gasteiger partial charge in [0, 0.05) is 30.6 Å². The number of carbonyl (C=O) groups is 3. The third-order valence-electron chi connectivity index (χ3n) is 6.52. The largest absolute Gasteiger partial charge is 0.573 e. The van der Waals surface area contributed by atoms with Crippen LogP contribution < -0.4 is 26.1 Å². The van der Waals surface area contributed by atoms with Crippen molar-refractivity contribution in [2.75, 3.05) is 6.54 Å². The zero-order valence-corrected chi connectivity index (χ0v) is 27.9. The standard InChI is InChI=1S/C29H29ClF3N5O9S/c1-14-16(22-23(41)36(5)27(43)37(6)24(22)45-14)10-20(39)35-25-38(13-44-21(40)11-34-26(42)47-28(2,3)4)18(12-48-25)15-7-8-19(17(30)9-15)46-29(31,32)33/h7-9,12H,10-11,13H2,1-6H3,(H,34,42). The number of furan rings is 1. The smallest absolute Gasteiger partial charge is 0.444 e. The number of alkyl halides is 3. The Morgan fingerprint density at radius 2 is 1.79 bits per heavy atom. The first-order valence-electron chi connectivity index (χ1n) is 13.9. The molecule has 2 amide bonds. The van der Waals surface area contributed by atoms with Crippen LogP contribution in [-0.4, -0.2) is 50.2 Å². The highest BCUT2D eigenvalue weighted by Crippen LogP contribution is 2.34. The fourth-order valence-corrected chi connectivity index (χ4v) is 5.52. The zero-order chi connectivity index (χ0) is 35.7. The Morgan fingerprint density at radius 3 is 2.42 bits per heavy atom. The van der Waals surface area contributed by atoms with Gasteiger partial charge in [-0.1, -0.05) is 11.6 Å². The number of nitrogens with zero attached hydrogens (tertiary/aromatic N) is 4. The van der Waals surface area contributed by atoms with Crippen LogP contribution in [-0.2, 0) is 46.3 Å². The number of thiazole rings is 1. The summed E-state index contributed by atoms with van der Waals surface area (Å²) in [4.78, 5) is 67.1. The van der Waals surface area contributed by atoms with Crippen LogP contribution in [0.15, 0.2) is 42.6 Å². The number of fused-ring (bicyclic) bond motifs is 1. The Labute approximate surface area is 277 Å². The monoisotopic (exact) mass is 715 g/mol. The van der Waals surface area contributed by atoms with Crippen molar-refractivity contribution in [2.24, 2.45) is 19.1 Å². The van der Waals surface area contributed by atoms with Gasteiger partial charge in [-0.3, -0.25) is 28.1 Å². The SMILES string of the molecule is Cc1oc2c(c1CC(=O)N=c1scc(-c3ccc(OC(F)(F)F)c(Cl)c3)n1COC(=O)CNC(=O)OC(C)(C)C)c(=O)n(C)c(=O)n2C. The van der Waals surface area contributed by atoms with E-state index in [1.165, 1.54) is 43.1 Å². The molecule has 19 heteroatoms. The quantitative estimate of drug-likeness (QED) is 0.266. The van der Waals surface area contributed by atoms with Crippen LogP contribution in [0.5, 0.6) is 5.75 Å². The number of amides is 2. The highest BCUT2D eigenvalue weighted by atomic mass is 35.5. The molecule has 0 saturated carbocycles. The van der Waals surface area contributed by atoms with E-state index in [1.807, 2.05) is 0 Å². The van der Waals surface area contributed by atoms with Crippen molar-refractivity contribution < 1.29 is 46.2 Å². The van der Waals surface area contributed by atoms with Crippen molar-refractivity contribution in [1.82, 2.24) is 19.0 Å². The summed E-state index contributed by atoms with van der Waals surface area (Å²) < 4.78 is 61.6. The van der Waals surface area contributed by atoms with Gasteiger partial charge in [-0.15, -0.1) is 24.5 Å². The van der Waals surface area contributed by atoms with Gasteiger partial charge in [-0.25, -0.2) is 9.59 Å². The van der Waals surface area contributed by atoms with Gasteiger partial charge >= 0.3 is 24.1 Å². The van der Waals surface area contributed by atoms with E-state index in [9.17, 15) is 37.1 Å². The number of aromatic nitrogens is 3. The van der Waals surface area contributed by atoms with Crippen LogP contribution in [0.4, 0.5) is 18.0 Å². The van der Waals surface area contributed by atoms with Crippen molar-refractivity contribution in [1.29, 1.82) is 0 Å². The normalized spacial score (nSPS) is 12.3. The molecule has 1 N–H and O–H groups in total. The van der Waals surface area contributed by atoms with E-state index in [0.29, 0.717) is 0 Å². The van der Waals surface area contributed by atoms with Gasteiger partial charge in [-0.05, 0) is 45.9 Å². The Hall–Kier alpha value is -4.84. The third-order valence-corrected chi connectivity index (χ3v) is 7.68. The highest BCUT2D eigenvalue weighted by molar-refractivity contribution is 7.07. The first-order chi connectivity index (χ1) is 22.3. The maximum absolute atomic E-state index is 13.3. The average Bonchev–Trinajstić information content (AvgIpc) is 3.52. The molecule has 3 aromatic heterocycles. The maximum Gasteiger partial charge on any atom is 0.573 e. The lowest BCUT2D eigenvalue weighted by molar-refractivity contribution is -0.274. The molecule has 0 bridgehead atoms. The minimum atomic E-state index is -4.99. The molecule has 0 radical (unpaired) electrons. The summed E-state index contributed by atoms with van der Waals surface area (Å²) in [6, 6.07) is 3.44. The fraction of sp³-hybridized carbons (Fsp3) is 0.379. The van der Waals surface area contributed by atoms with E-state index in [-0.39, 0.29) is 43.5 Å². The van der Waals surface area contributed by atoms with Crippen LogP contribution in [0.1, 0.15) is 32.1 Å². The lowest BCUT2D eigenvalue weighted by Gasteiger charge is -2.19. The Kier molecular flexibility index (Phi) is 10.3. The molecule has 1 aromatic carbocycles. The summed E-state index contributed by atoms with van der Waals surface area (Å²) in [5, 5.41) is 3.40. The summed E-state index contributed by atoms with van der Waals surface area (Å²) in [5.74, 6) is -2.07. The van der Waals surface area contributed by atoms with E-state index in [1.54, 1.807) is 20.8 Å². The Bertz CT molecular complexity index is 2100. The van der Waals surface area contributed by atoms with Gasteiger partial charge in [-0.2, -0.15) is 4.99 Å². The predicted octanol–water partition coefficient (Wildman–Crippen LogP) is 3.92. The summed E-state index contributed by atoms with van der Waals surface area (Å²) in [7, 11) is 2.70. The van der Waals surface area contributed by atoms with E-state index >= 15 is 0 Å². The molecule has 4 aromatic rings. The molecule has 4 rings (SSSR count). The number of rotatable bonds is 8. The molecule has 0 aliphatic heterocycles. The minimum Gasteiger partial charge on any atom is -0.444 e. The van der Waals surface area contributed by atoms with Gasteiger partial charge in [0.25, 0.3) is 11.5 Å². The van der Waals surface area contributed by atoms with Crippen LogP contribution >= 0.6 is 22.9 Å². The molecule has 3 heterocycles. The lowest BCUT2D eigenvalue weighted by Crippen LogP contribution is -2.36. The number of halogens is 4. The number of nitrogens with one attached hydrogen (secondary N) is 1. The second kappa shape index (κ2) is 13.7. The van der Waals surface area contributed by atoms with Gasteiger partial charge in [0.05, 0.1) is 17.1 Å². The minimum absolute atomic E-state index is 0.000369. The number of ether oxygens (including phenoxy) is 3. The molecule has 0 fully saturated rings. The van der Waals surface area contributed by atoms with Gasteiger partial charge < -0.3 is 23.9 Å². The van der Waals surface area contributed by atoms with E-state index < -0.39 is 66.6 Å². The van der Waals surface area contributed by atoms with Crippen molar-refractivity contribution in [2.45, 2.75) is 52.8 Å². The number of benzene rings is 1. The molecule has 0 spiro atoms. The average molecular weight is 716 g/mol. The maximum atomic E-state index is 13.3. The van der Waals surface area contributed by atoms with Crippen molar-refractivity contribution in [3.63, 3.8) is 0 Å². The lowest BCUT2D eigenvalue weighted by atomic mass is 10.1. The third kappa shape index (κ3) is 8.35. The van der Waals surface area contributed by atoms with Crippen LogP contribution in [0.3, 0.4) is 0 Å². The van der Waals surface area contributed by atoms with Crippen molar-refractivity contribution >= 4 is 52.0 Å². The van der Waals surface area contributed by atoms with E-state index in [0.717, 1.165) is 26.5 Å². The molecular weight excluding hydrogens is 687 g/mol. The number of esters is 1. The Balaban J connectivity index is 1.69. The number of carbonyl (C=O) groups excluding carboxylic acids is 3. The second-order valence-corrected chi connectivity index (χ2v) is 12.5. The zero-order valence-electron chi connectivity index (χ0n) is 26.3. The molecular formula is C29H29ClF3N5O9S. The summed E-state index contributed by atoms with van der Waals surface area (Å²) >= 11 is 6.99. The molecule has 14 nitrogen and oxygen atoms in total. The summed E-state index contributed by atoms with van der Waals surface area (Å²) in [6.07, 6.45) is -6.26. The molecule has 0 aliphatic carbocycles. The fourth-order valence-electron chi connectivity index (χ4n) is 4.38. The molecule has 258 valence electrons. The van der Waals surface area contributed by atoms with Crippen molar-refractivity contribution in [3.05, 3.63) is 65.6 Å². The van der Waals surface area contributed by atoms with Gasteiger partial charge in [0.15, 0.2) is 11.5 Å². The van der Waals surface area contributed by atoms with E-state index in [2.05, 4.69) is 15.0 Å². The van der Waals surface area contributed by atoms with Crippen LogP contribution in [0, 0.1) is 6.92 Å². The topological polar surface area (TPSA) is 165 Å². The Morgan fingerprint density at radius 1 is 1.10 bits per heavy atom. The molecule has 0 atom stereocenters. The highest BCUT2D eigenvalue weighted by Gasteiger charge is 2.32. The van der Waals surface area contributed by atoms with Crippen molar-refractivity contribution in [3.8, 4) is 17.0 Å². The summed E-state index contributed by atoms with van der Waals surface area (Å²) in [6.45, 7) is 5.32. The first-order valence-corrected chi connectivity index (χ1v) is 15.1. The summed E-state index contributed by atoms with van der Waals surface area (Å²) in [5.41, 5.74) is -1.40. The first kappa shape index (κ1) is 36.0. The second-order valence-electron chi connectivity index (χ2n) is 11.2. The predicted molar refractivity (Wildman–Crippen MR) is 165 cm³/mol.